The van der Waals surface area contributed by atoms with Gasteiger partial charge in [0, 0.05) is 11.3 Å². The number of hydrogen-bond acceptors (Lipinski definition) is 4. The number of aromatic nitrogens is 3. The summed E-state index contributed by atoms with van der Waals surface area (Å²) in [5, 5.41) is 6.68. The fourth-order valence-electron chi connectivity index (χ4n) is 2.06. The molecular weight excluding hydrogens is 268 g/mol. The fraction of sp³-hybridized carbons (Fsp3) is 0.333. The monoisotopic (exact) mass is 286 g/mol. The van der Waals surface area contributed by atoms with Crippen LogP contribution < -0.4 is 5.32 Å². The standard InChI is InChI=1S/C15H18N4S/c1-9(2)14-17-13(8-20-14)10(3)16-15-18-11-6-4-5-7-12(11)19-15/h4-10H,1-3H3,(H2,16,18,19). The van der Waals surface area contributed by atoms with E-state index >= 15 is 0 Å². The second-order valence-electron chi connectivity index (χ2n) is 5.23. The molecule has 2 heterocycles. The number of thiazole rings is 1. The Balaban J connectivity index is 1.78. The molecule has 0 saturated heterocycles. The van der Waals surface area contributed by atoms with Crippen LogP contribution in [0.15, 0.2) is 29.6 Å². The molecule has 0 amide bonds. The third-order valence-electron chi connectivity index (χ3n) is 3.22. The molecule has 0 radical (unpaired) electrons. The summed E-state index contributed by atoms with van der Waals surface area (Å²) in [5.74, 6) is 1.27. The minimum absolute atomic E-state index is 0.138. The van der Waals surface area contributed by atoms with E-state index in [1.807, 2.05) is 24.3 Å². The molecule has 2 aromatic heterocycles. The Morgan fingerprint density at radius 2 is 1.95 bits per heavy atom. The highest BCUT2D eigenvalue weighted by molar-refractivity contribution is 7.09. The Labute approximate surface area is 122 Å². The third kappa shape index (κ3) is 2.54. The fourth-order valence-corrected chi connectivity index (χ4v) is 2.99. The van der Waals surface area contributed by atoms with Crippen molar-refractivity contribution in [1.29, 1.82) is 0 Å². The number of H-pyrrole nitrogens is 1. The molecule has 1 unspecified atom stereocenters. The van der Waals surface area contributed by atoms with Crippen LogP contribution in [-0.4, -0.2) is 15.0 Å². The molecule has 3 aromatic rings. The van der Waals surface area contributed by atoms with E-state index in [-0.39, 0.29) is 6.04 Å². The van der Waals surface area contributed by atoms with Crippen molar-refractivity contribution in [3.05, 3.63) is 40.3 Å². The number of fused-ring (bicyclic) bond motifs is 1. The van der Waals surface area contributed by atoms with E-state index in [0.717, 1.165) is 22.7 Å². The van der Waals surface area contributed by atoms with Gasteiger partial charge >= 0.3 is 0 Å². The van der Waals surface area contributed by atoms with E-state index < -0.39 is 0 Å². The predicted molar refractivity (Wildman–Crippen MR) is 84.3 cm³/mol. The summed E-state index contributed by atoms with van der Waals surface area (Å²) >= 11 is 1.72. The van der Waals surface area contributed by atoms with Crippen molar-refractivity contribution in [1.82, 2.24) is 15.0 Å². The lowest BCUT2D eigenvalue weighted by Gasteiger charge is -2.10. The van der Waals surface area contributed by atoms with E-state index in [4.69, 9.17) is 0 Å². The normalized spacial score (nSPS) is 13.0. The first-order chi connectivity index (χ1) is 9.63. The first-order valence-corrected chi connectivity index (χ1v) is 7.68. The number of rotatable bonds is 4. The Morgan fingerprint density at radius 1 is 1.15 bits per heavy atom. The zero-order valence-corrected chi connectivity index (χ0v) is 12.7. The molecule has 2 N–H and O–H groups in total. The molecule has 4 nitrogen and oxygen atoms in total. The maximum Gasteiger partial charge on any atom is 0.201 e. The highest BCUT2D eigenvalue weighted by Crippen LogP contribution is 2.25. The van der Waals surface area contributed by atoms with Gasteiger partial charge in [-0.15, -0.1) is 11.3 Å². The minimum Gasteiger partial charge on any atom is -0.348 e. The van der Waals surface area contributed by atoms with Gasteiger partial charge in [-0.2, -0.15) is 0 Å². The summed E-state index contributed by atoms with van der Waals surface area (Å²) in [4.78, 5) is 12.5. The van der Waals surface area contributed by atoms with E-state index in [9.17, 15) is 0 Å². The Morgan fingerprint density at radius 3 is 2.65 bits per heavy atom. The lowest BCUT2D eigenvalue weighted by Crippen LogP contribution is -2.08. The van der Waals surface area contributed by atoms with Gasteiger partial charge in [0.05, 0.1) is 27.8 Å². The second-order valence-corrected chi connectivity index (χ2v) is 6.12. The highest BCUT2D eigenvalue weighted by Gasteiger charge is 2.13. The lowest BCUT2D eigenvalue weighted by atomic mass is 10.2. The largest absolute Gasteiger partial charge is 0.348 e. The average Bonchev–Trinajstić information content (AvgIpc) is 3.04. The van der Waals surface area contributed by atoms with Crippen LogP contribution in [-0.2, 0) is 0 Å². The van der Waals surface area contributed by atoms with Crippen molar-refractivity contribution in [2.24, 2.45) is 0 Å². The summed E-state index contributed by atoms with van der Waals surface area (Å²) in [5.41, 5.74) is 3.09. The van der Waals surface area contributed by atoms with Gasteiger partial charge in [0.1, 0.15) is 0 Å². The molecule has 0 fully saturated rings. The predicted octanol–water partition coefficient (Wildman–Crippen LogP) is 4.32. The summed E-state index contributed by atoms with van der Waals surface area (Å²) in [6.45, 7) is 6.44. The Bertz CT molecular complexity index is 680. The van der Waals surface area contributed by atoms with Crippen LogP contribution >= 0.6 is 11.3 Å². The molecule has 1 atom stereocenters. The van der Waals surface area contributed by atoms with Crippen molar-refractivity contribution >= 4 is 28.3 Å². The highest BCUT2D eigenvalue weighted by atomic mass is 32.1. The van der Waals surface area contributed by atoms with Crippen molar-refractivity contribution in [3.8, 4) is 0 Å². The summed E-state index contributed by atoms with van der Waals surface area (Å²) in [7, 11) is 0. The molecular formula is C15H18N4S. The van der Waals surface area contributed by atoms with Crippen molar-refractivity contribution in [2.75, 3.05) is 5.32 Å². The minimum atomic E-state index is 0.138. The van der Waals surface area contributed by atoms with Gasteiger partial charge in [0.15, 0.2) is 0 Å². The van der Waals surface area contributed by atoms with Gasteiger partial charge in [-0.05, 0) is 19.1 Å². The number of para-hydroxylation sites is 2. The summed E-state index contributed by atoms with van der Waals surface area (Å²) in [6, 6.07) is 8.16. The molecule has 0 saturated carbocycles. The van der Waals surface area contributed by atoms with E-state index in [2.05, 4.69) is 46.4 Å². The Hall–Kier alpha value is -1.88. The van der Waals surface area contributed by atoms with Crippen LogP contribution in [0.5, 0.6) is 0 Å². The van der Waals surface area contributed by atoms with Gasteiger partial charge in [-0.1, -0.05) is 26.0 Å². The van der Waals surface area contributed by atoms with Crippen LogP contribution in [0.2, 0.25) is 0 Å². The smallest absolute Gasteiger partial charge is 0.201 e. The maximum absolute atomic E-state index is 4.67. The van der Waals surface area contributed by atoms with E-state index in [1.165, 1.54) is 5.01 Å². The first-order valence-electron chi connectivity index (χ1n) is 6.80. The molecule has 0 aliphatic heterocycles. The van der Waals surface area contributed by atoms with E-state index in [0.29, 0.717) is 5.92 Å². The summed E-state index contributed by atoms with van der Waals surface area (Å²) in [6.07, 6.45) is 0. The molecule has 104 valence electrons. The molecule has 20 heavy (non-hydrogen) atoms. The number of anilines is 1. The average molecular weight is 286 g/mol. The molecule has 0 aliphatic rings. The van der Waals surface area contributed by atoms with Gasteiger partial charge in [0.25, 0.3) is 0 Å². The number of imidazole rings is 1. The van der Waals surface area contributed by atoms with Gasteiger partial charge in [0.2, 0.25) is 5.95 Å². The first kappa shape index (κ1) is 13.1. The van der Waals surface area contributed by atoms with Crippen molar-refractivity contribution in [2.45, 2.75) is 32.7 Å². The van der Waals surface area contributed by atoms with Crippen LogP contribution in [0.3, 0.4) is 0 Å². The molecule has 0 bridgehead atoms. The number of aromatic amines is 1. The van der Waals surface area contributed by atoms with Crippen LogP contribution in [0.25, 0.3) is 11.0 Å². The van der Waals surface area contributed by atoms with Gasteiger partial charge in [-0.25, -0.2) is 9.97 Å². The SMILES string of the molecule is CC(C)c1nc(C(C)Nc2nc3ccccc3[nH]2)cs1. The Kier molecular flexibility index (Phi) is 3.44. The van der Waals surface area contributed by atoms with Gasteiger partial charge < -0.3 is 10.3 Å². The molecule has 3 rings (SSSR count). The van der Waals surface area contributed by atoms with Crippen LogP contribution in [0, 0.1) is 0 Å². The maximum atomic E-state index is 4.67. The molecule has 0 spiro atoms. The lowest BCUT2D eigenvalue weighted by molar-refractivity contribution is 0.796. The van der Waals surface area contributed by atoms with Crippen LogP contribution in [0.4, 0.5) is 5.95 Å². The molecule has 5 heteroatoms. The van der Waals surface area contributed by atoms with Crippen molar-refractivity contribution in [3.63, 3.8) is 0 Å². The summed E-state index contributed by atoms with van der Waals surface area (Å²) < 4.78 is 0. The number of hydrogen-bond donors (Lipinski definition) is 2. The number of nitrogens with one attached hydrogen (secondary N) is 2. The molecule has 1 aromatic carbocycles. The van der Waals surface area contributed by atoms with Crippen molar-refractivity contribution < 1.29 is 0 Å². The topological polar surface area (TPSA) is 53.6 Å². The second kappa shape index (κ2) is 5.25. The van der Waals surface area contributed by atoms with Gasteiger partial charge in [-0.3, -0.25) is 0 Å². The quantitative estimate of drug-likeness (QED) is 0.751. The molecule has 0 aliphatic carbocycles. The third-order valence-corrected chi connectivity index (χ3v) is 4.38. The number of benzene rings is 1. The van der Waals surface area contributed by atoms with Crippen LogP contribution in [0.1, 0.15) is 43.4 Å². The zero-order valence-electron chi connectivity index (χ0n) is 11.8. The van der Waals surface area contributed by atoms with E-state index in [1.54, 1.807) is 11.3 Å². The number of nitrogens with zero attached hydrogens (tertiary/aromatic N) is 2. The zero-order chi connectivity index (χ0) is 14.1.